The standard InChI is InChI=1S/C18H17N5O3S/c1-12-3-2-4-14(9-12)17-20-21-18(27)22(17)11-16(24)19-10-13-5-7-15(8-6-13)23(25)26/h2-9H,10-11H2,1H3,(H,19,24)(H,21,27). The zero-order chi connectivity index (χ0) is 19.4. The molecule has 8 nitrogen and oxygen atoms in total. The van der Waals surface area contributed by atoms with Gasteiger partial charge in [0.15, 0.2) is 10.6 Å². The van der Waals surface area contributed by atoms with E-state index < -0.39 is 4.92 Å². The van der Waals surface area contributed by atoms with Crippen LogP contribution in [0.1, 0.15) is 11.1 Å². The average molecular weight is 383 g/mol. The molecule has 138 valence electrons. The fourth-order valence-corrected chi connectivity index (χ4v) is 2.80. The van der Waals surface area contributed by atoms with Gasteiger partial charge in [-0.2, -0.15) is 5.10 Å². The van der Waals surface area contributed by atoms with Crippen molar-refractivity contribution in [3.05, 3.63) is 74.5 Å². The number of benzene rings is 2. The van der Waals surface area contributed by atoms with E-state index in [-0.39, 0.29) is 24.7 Å². The largest absolute Gasteiger partial charge is 0.350 e. The summed E-state index contributed by atoms with van der Waals surface area (Å²) in [6.45, 7) is 2.26. The summed E-state index contributed by atoms with van der Waals surface area (Å²) in [5.74, 6) is 0.356. The molecule has 0 radical (unpaired) electrons. The molecule has 0 saturated carbocycles. The van der Waals surface area contributed by atoms with Gasteiger partial charge in [0.2, 0.25) is 5.91 Å². The van der Waals surface area contributed by atoms with Crippen molar-refractivity contribution in [3.8, 4) is 11.4 Å². The number of carbonyl (C=O) groups excluding carboxylic acids is 1. The zero-order valence-corrected chi connectivity index (χ0v) is 15.3. The number of hydrogen-bond acceptors (Lipinski definition) is 5. The van der Waals surface area contributed by atoms with Crippen LogP contribution in [-0.4, -0.2) is 25.6 Å². The van der Waals surface area contributed by atoms with Crippen LogP contribution in [0.25, 0.3) is 11.4 Å². The van der Waals surface area contributed by atoms with Crippen LogP contribution < -0.4 is 5.32 Å². The number of nitro benzene ring substituents is 1. The number of hydrogen-bond donors (Lipinski definition) is 2. The summed E-state index contributed by atoms with van der Waals surface area (Å²) in [6.07, 6.45) is 0. The Morgan fingerprint density at radius 3 is 2.70 bits per heavy atom. The summed E-state index contributed by atoms with van der Waals surface area (Å²) in [5, 5.41) is 20.4. The van der Waals surface area contributed by atoms with E-state index in [4.69, 9.17) is 12.2 Å². The van der Waals surface area contributed by atoms with Gasteiger partial charge in [0.05, 0.1) is 4.92 Å². The van der Waals surface area contributed by atoms with E-state index in [1.807, 2.05) is 31.2 Å². The number of nitrogens with one attached hydrogen (secondary N) is 2. The van der Waals surface area contributed by atoms with E-state index in [0.717, 1.165) is 16.7 Å². The Morgan fingerprint density at radius 1 is 1.30 bits per heavy atom. The number of carbonyl (C=O) groups is 1. The number of H-pyrrole nitrogens is 1. The van der Waals surface area contributed by atoms with Crippen LogP contribution in [0.5, 0.6) is 0 Å². The van der Waals surface area contributed by atoms with Gasteiger partial charge < -0.3 is 5.32 Å². The van der Waals surface area contributed by atoms with E-state index in [2.05, 4.69) is 15.5 Å². The van der Waals surface area contributed by atoms with Crippen molar-refractivity contribution in [1.29, 1.82) is 0 Å². The molecular formula is C18H17N5O3S. The first-order valence-electron chi connectivity index (χ1n) is 8.16. The number of rotatable bonds is 6. The highest BCUT2D eigenvalue weighted by Gasteiger charge is 2.12. The number of amides is 1. The molecule has 0 spiro atoms. The normalized spacial score (nSPS) is 10.6. The second kappa shape index (κ2) is 7.92. The molecule has 0 bridgehead atoms. The Labute approximate surface area is 160 Å². The van der Waals surface area contributed by atoms with Crippen LogP contribution in [0.4, 0.5) is 5.69 Å². The minimum absolute atomic E-state index is 0.0116. The van der Waals surface area contributed by atoms with E-state index >= 15 is 0 Å². The molecule has 2 N–H and O–H groups in total. The molecule has 27 heavy (non-hydrogen) atoms. The summed E-state index contributed by atoms with van der Waals surface area (Å²) in [5.41, 5.74) is 2.72. The molecule has 0 saturated heterocycles. The maximum absolute atomic E-state index is 12.3. The van der Waals surface area contributed by atoms with E-state index in [1.54, 1.807) is 16.7 Å². The number of non-ortho nitro benzene ring substituents is 1. The second-order valence-electron chi connectivity index (χ2n) is 6.01. The minimum atomic E-state index is -0.462. The molecule has 3 aromatic rings. The first-order valence-corrected chi connectivity index (χ1v) is 8.57. The lowest BCUT2D eigenvalue weighted by Crippen LogP contribution is -2.27. The van der Waals surface area contributed by atoms with Gasteiger partial charge in [0, 0.05) is 24.2 Å². The molecule has 0 unspecified atom stereocenters. The summed E-state index contributed by atoms with van der Waals surface area (Å²) >= 11 is 5.24. The Morgan fingerprint density at radius 2 is 2.04 bits per heavy atom. The molecule has 0 aliphatic carbocycles. The Kier molecular flexibility index (Phi) is 5.41. The molecule has 3 rings (SSSR count). The van der Waals surface area contributed by atoms with Crippen LogP contribution in [0.3, 0.4) is 0 Å². The van der Waals surface area contributed by atoms with Crippen LogP contribution in [0, 0.1) is 21.8 Å². The van der Waals surface area contributed by atoms with Gasteiger partial charge in [-0.15, -0.1) is 0 Å². The number of aromatic nitrogens is 3. The maximum Gasteiger partial charge on any atom is 0.269 e. The Bertz CT molecular complexity index is 1040. The van der Waals surface area contributed by atoms with Crippen molar-refractivity contribution in [2.24, 2.45) is 0 Å². The maximum atomic E-state index is 12.3. The van der Waals surface area contributed by atoms with Gasteiger partial charge in [-0.3, -0.25) is 24.6 Å². The van der Waals surface area contributed by atoms with Gasteiger partial charge in [0.25, 0.3) is 5.69 Å². The molecule has 0 aliphatic heterocycles. The highest BCUT2D eigenvalue weighted by molar-refractivity contribution is 7.71. The molecule has 1 aromatic heterocycles. The van der Waals surface area contributed by atoms with Crippen molar-refractivity contribution in [3.63, 3.8) is 0 Å². The predicted octanol–water partition coefficient (Wildman–Crippen LogP) is 3.14. The smallest absolute Gasteiger partial charge is 0.269 e. The van der Waals surface area contributed by atoms with Crippen LogP contribution >= 0.6 is 12.2 Å². The minimum Gasteiger partial charge on any atom is -0.350 e. The lowest BCUT2D eigenvalue weighted by molar-refractivity contribution is -0.384. The van der Waals surface area contributed by atoms with Crippen molar-refractivity contribution < 1.29 is 9.72 Å². The van der Waals surface area contributed by atoms with Gasteiger partial charge in [-0.05, 0) is 30.8 Å². The van der Waals surface area contributed by atoms with Gasteiger partial charge >= 0.3 is 0 Å². The molecule has 9 heteroatoms. The lowest BCUT2D eigenvalue weighted by atomic mass is 10.1. The number of nitrogens with zero attached hydrogens (tertiary/aromatic N) is 3. The first-order chi connectivity index (χ1) is 12.9. The number of aromatic amines is 1. The van der Waals surface area contributed by atoms with E-state index in [9.17, 15) is 14.9 Å². The van der Waals surface area contributed by atoms with Crippen molar-refractivity contribution in [2.75, 3.05) is 0 Å². The average Bonchev–Trinajstić information content (AvgIpc) is 3.01. The third-order valence-electron chi connectivity index (χ3n) is 3.97. The molecule has 0 aliphatic rings. The van der Waals surface area contributed by atoms with Gasteiger partial charge in [-0.1, -0.05) is 35.9 Å². The van der Waals surface area contributed by atoms with Gasteiger partial charge in [0.1, 0.15) is 6.54 Å². The van der Waals surface area contributed by atoms with Crippen LogP contribution in [0.15, 0.2) is 48.5 Å². The zero-order valence-electron chi connectivity index (χ0n) is 14.5. The lowest BCUT2D eigenvalue weighted by Gasteiger charge is -2.09. The summed E-state index contributed by atoms with van der Waals surface area (Å²) in [7, 11) is 0. The monoisotopic (exact) mass is 383 g/mol. The third kappa shape index (κ3) is 4.45. The molecule has 1 amide bonds. The Hall–Kier alpha value is -3.33. The van der Waals surface area contributed by atoms with E-state index in [1.165, 1.54) is 12.1 Å². The fourth-order valence-electron chi connectivity index (χ4n) is 2.60. The highest BCUT2D eigenvalue weighted by Crippen LogP contribution is 2.18. The summed E-state index contributed by atoms with van der Waals surface area (Å²) < 4.78 is 1.99. The van der Waals surface area contributed by atoms with Crippen molar-refractivity contribution in [2.45, 2.75) is 20.0 Å². The molecule has 0 atom stereocenters. The van der Waals surface area contributed by atoms with Crippen LogP contribution in [0.2, 0.25) is 0 Å². The highest BCUT2D eigenvalue weighted by atomic mass is 32.1. The fraction of sp³-hybridized carbons (Fsp3) is 0.167. The van der Waals surface area contributed by atoms with Crippen molar-refractivity contribution in [1.82, 2.24) is 20.1 Å². The Balaban J connectivity index is 1.69. The number of aryl methyl sites for hydroxylation is 1. The SMILES string of the molecule is Cc1cccc(-c2n[nH]c(=S)n2CC(=O)NCc2ccc([N+](=O)[O-])cc2)c1. The number of nitro groups is 1. The quantitative estimate of drug-likeness (QED) is 0.386. The second-order valence-corrected chi connectivity index (χ2v) is 6.39. The third-order valence-corrected chi connectivity index (χ3v) is 4.28. The van der Waals surface area contributed by atoms with E-state index in [0.29, 0.717) is 10.6 Å². The molecule has 1 heterocycles. The predicted molar refractivity (Wildman–Crippen MR) is 103 cm³/mol. The topological polar surface area (TPSA) is 106 Å². The van der Waals surface area contributed by atoms with Crippen molar-refractivity contribution >= 4 is 23.8 Å². The summed E-state index contributed by atoms with van der Waals surface area (Å²) in [6, 6.07) is 13.8. The van der Waals surface area contributed by atoms with Gasteiger partial charge in [-0.25, -0.2) is 0 Å². The molecule has 2 aromatic carbocycles. The first kappa shape index (κ1) is 18.5. The van der Waals surface area contributed by atoms with Crippen LogP contribution in [-0.2, 0) is 17.9 Å². The molecule has 0 fully saturated rings. The summed E-state index contributed by atoms with van der Waals surface area (Å²) in [4.78, 5) is 22.5. The molecular weight excluding hydrogens is 366 g/mol.